The summed E-state index contributed by atoms with van der Waals surface area (Å²) in [7, 11) is 5.81. The second-order valence-corrected chi connectivity index (χ2v) is 9.37. The molecule has 1 saturated carbocycles. The van der Waals surface area contributed by atoms with Crippen LogP contribution >= 0.6 is 0 Å². The van der Waals surface area contributed by atoms with E-state index in [0.717, 1.165) is 50.0 Å². The maximum absolute atomic E-state index is 12.8. The molecule has 0 unspecified atom stereocenters. The molecule has 0 saturated heterocycles. The quantitative estimate of drug-likeness (QED) is 0.320. The van der Waals surface area contributed by atoms with Gasteiger partial charge < -0.3 is 19.3 Å². The highest BCUT2D eigenvalue weighted by Crippen LogP contribution is 2.26. The molecule has 1 amide bonds. The van der Waals surface area contributed by atoms with Crippen LogP contribution in [0.5, 0.6) is 5.75 Å². The summed E-state index contributed by atoms with van der Waals surface area (Å²) in [6.45, 7) is 5.59. The molecule has 5 heteroatoms. The Kier molecular flexibility index (Phi) is 12.7. The molecule has 0 spiro atoms. The fourth-order valence-corrected chi connectivity index (χ4v) is 4.53. The van der Waals surface area contributed by atoms with Gasteiger partial charge in [0.15, 0.2) is 0 Å². The van der Waals surface area contributed by atoms with Crippen molar-refractivity contribution in [3.8, 4) is 5.75 Å². The van der Waals surface area contributed by atoms with E-state index in [0.29, 0.717) is 12.1 Å². The lowest BCUT2D eigenvalue weighted by Gasteiger charge is -2.34. The molecule has 0 radical (unpaired) electrons. The predicted octanol–water partition coefficient (Wildman–Crippen LogP) is 5.78. The van der Waals surface area contributed by atoms with Crippen LogP contribution < -0.4 is 4.74 Å². The Bertz CT molecular complexity index is 626. The highest BCUT2D eigenvalue weighted by Gasteiger charge is 2.27. The summed E-state index contributed by atoms with van der Waals surface area (Å²) in [5.74, 6) is 0.865. The van der Waals surface area contributed by atoms with Crippen LogP contribution in [0.3, 0.4) is 0 Å². The zero-order valence-electron chi connectivity index (χ0n) is 21.0. The molecule has 0 bridgehead atoms. The molecule has 0 atom stereocenters. The smallest absolute Gasteiger partial charge is 0.253 e. The molecule has 1 fully saturated rings. The third-order valence-corrected chi connectivity index (χ3v) is 6.78. The minimum Gasteiger partial charge on any atom is -0.497 e. The van der Waals surface area contributed by atoms with Gasteiger partial charge in [0.25, 0.3) is 5.91 Å². The average molecular weight is 447 g/mol. The van der Waals surface area contributed by atoms with Crippen molar-refractivity contribution in [3.05, 3.63) is 29.8 Å². The summed E-state index contributed by atoms with van der Waals surface area (Å²) in [4.78, 5) is 17.2. The van der Waals surface area contributed by atoms with Crippen LogP contribution in [0.25, 0.3) is 0 Å². The second-order valence-electron chi connectivity index (χ2n) is 9.37. The number of ether oxygens (including phenoxy) is 2. The van der Waals surface area contributed by atoms with Crippen LogP contribution in [0, 0.1) is 0 Å². The van der Waals surface area contributed by atoms with Crippen LogP contribution in [0.15, 0.2) is 24.3 Å². The van der Waals surface area contributed by atoms with Crippen molar-refractivity contribution in [2.45, 2.75) is 89.7 Å². The monoisotopic (exact) mass is 446 g/mol. The van der Waals surface area contributed by atoms with Gasteiger partial charge in [0.1, 0.15) is 5.75 Å². The number of carbonyl (C=O) groups is 1. The van der Waals surface area contributed by atoms with Crippen molar-refractivity contribution in [1.29, 1.82) is 0 Å². The molecule has 1 aromatic carbocycles. The van der Waals surface area contributed by atoms with Crippen molar-refractivity contribution in [1.82, 2.24) is 9.80 Å². The maximum atomic E-state index is 12.8. The Hall–Kier alpha value is -1.59. The lowest BCUT2D eigenvalue weighted by Crippen LogP contribution is -2.40. The van der Waals surface area contributed by atoms with Crippen LogP contribution in [0.4, 0.5) is 0 Å². The first kappa shape index (κ1) is 26.7. The van der Waals surface area contributed by atoms with Crippen molar-refractivity contribution < 1.29 is 14.3 Å². The van der Waals surface area contributed by atoms with E-state index in [9.17, 15) is 4.79 Å². The Morgan fingerprint density at radius 3 is 2.16 bits per heavy atom. The number of unbranched alkanes of at least 4 members (excludes halogenated alkanes) is 5. The van der Waals surface area contributed by atoms with E-state index in [2.05, 4.69) is 18.9 Å². The number of hydrogen-bond donors (Lipinski definition) is 0. The lowest BCUT2D eigenvalue weighted by molar-refractivity contribution is 0.00907. The minimum atomic E-state index is 0.0908. The zero-order valence-corrected chi connectivity index (χ0v) is 21.0. The van der Waals surface area contributed by atoms with E-state index < -0.39 is 0 Å². The Morgan fingerprint density at radius 2 is 1.53 bits per heavy atom. The number of methoxy groups -OCH3 is 1. The van der Waals surface area contributed by atoms with Gasteiger partial charge in [-0.2, -0.15) is 0 Å². The van der Waals surface area contributed by atoms with Crippen molar-refractivity contribution >= 4 is 5.91 Å². The van der Waals surface area contributed by atoms with Crippen LogP contribution in [0.2, 0.25) is 0 Å². The Labute approximate surface area is 196 Å². The molecule has 0 N–H and O–H groups in total. The van der Waals surface area contributed by atoms with E-state index in [1.807, 2.05) is 36.2 Å². The number of benzene rings is 1. The summed E-state index contributed by atoms with van der Waals surface area (Å²) in [6.07, 6.45) is 13.5. The van der Waals surface area contributed by atoms with E-state index in [1.165, 1.54) is 51.6 Å². The number of rotatable bonds is 15. The van der Waals surface area contributed by atoms with E-state index in [1.54, 1.807) is 7.11 Å². The van der Waals surface area contributed by atoms with E-state index in [4.69, 9.17) is 9.47 Å². The SMILES string of the molecule is CCCCCN(C)CCCCCCOC1CCC(N(C)C(=O)c2ccc(OC)cc2)CC1. The summed E-state index contributed by atoms with van der Waals surface area (Å²) in [5.41, 5.74) is 0.721. The van der Waals surface area contributed by atoms with Crippen molar-refractivity contribution in [2.75, 3.05) is 40.9 Å². The molecule has 2 rings (SSSR count). The van der Waals surface area contributed by atoms with Gasteiger partial charge in [-0.25, -0.2) is 0 Å². The van der Waals surface area contributed by atoms with Gasteiger partial charge >= 0.3 is 0 Å². The largest absolute Gasteiger partial charge is 0.497 e. The summed E-state index contributed by atoms with van der Waals surface area (Å²) in [5, 5.41) is 0. The van der Waals surface area contributed by atoms with Gasteiger partial charge in [0, 0.05) is 25.3 Å². The molecule has 182 valence electrons. The number of carbonyl (C=O) groups excluding carboxylic acids is 1. The number of amides is 1. The third kappa shape index (κ3) is 9.50. The molecule has 1 aliphatic carbocycles. The Morgan fingerprint density at radius 1 is 0.906 bits per heavy atom. The Balaban J connectivity index is 1.54. The van der Waals surface area contributed by atoms with Gasteiger partial charge in [-0.15, -0.1) is 0 Å². The fraction of sp³-hybridized carbons (Fsp3) is 0.741. The molecule has 0 aromatic heterocycles. The summed E-state index contributed by atoms with van der Waals surface area (Å²) in [6, 6.07) is 7.68. The molecule has 1 aromatic rings. The summed E-state index contributed by atoms with van der Waals surface area (Å²) < 4.78 is 11.3. The molecular formula is C27H46N2O3. The first-order valence-electron chi connectivity index (χ1n) is 12.8. The highest BCUT2D eigenvalue weighted by atomic mass is 16.5. The van der Waals surface area contributed by atoms with Crippen molar-refractivity contribution in [2.24, 2.45) is 0 Å². The minimum absolute atomic E-state index is 0.0908. The van der Waals surface area contributed by atoms with Crippen LogP contribution in [-0.2, 0) is 4.74 Å². The molecular weight excluding hydrogens is 400 g/mol. The van der Waals surface area contributed by atoms with Gasteiger partial charge in [0.05, 0.1) is 13.2 Å². The zero-order chi connectivity index (χ0) is 23.2. The maximum Gasteiger partial charge on any atom is 0.253 e. The van der Waals surface area contributed by atoms with Crippen LogP contribution in [-0.4, -0.2) is 68.8 Å². The van der Waals surface area contributed by atoms with E-state index >= 15 is 0 Å². The van der Waals surface area contributed by atoms with E-state index in [-0.39, 0.29) is 5.91 Å². The topological polar surface area (TPSA) is 42.0 Å². The molecule has 0 heterocycles. The third-order valence-electron chi connectivity index (χ3n) is 6.78. The first-order valence-corrected chi connectivity index (χ1v) is 12.8. The molecule has 5 nitrogen and oxygen atoms in total. The molecule has 0 aliphatic heterocycles. The van der Waals surface area contributed by atoms with Gasteiger partial charge in [-0.05, 0) is 89.3 Å². The van der Waals surface area contributed by atoms with Gasteiger partial charge in [-0.3, -0.25) is 4.79 Å². The van der Waals surface area contributed by atoms with Gasteiger partial charge in [0.2, 0.25) is 0 Å². The van der Waals surface area contributed by atoms with Gasteiger partial charge in [-0.1, -0.05) is 32.6 Å². The fourth-order valence-electron chi connectivity index (χ4n) is 4.53. The number of nitrogens with zero attached hydrogens (tertiary/aromatic N) is 2. The lowest BCUT2D eigenvalue weighted by atomic mass is 9.91. The predicted molar refractivity (Wildman–Crippen MR) is 133 cm³/mol. The summed E-state index contributed by atoms with van der Waals surface area (Å²) >= 11 is 0. The normalized spacial score (nSPS) is 18.7. The van der Waals surface area contributed by atoms with Crippen molar-refractivity contribution in [3.63, 3.8) is 0 Å². The first-order chi connectivity index (χ1) is 15.5. The standard InChI is InChI=1S/C27H46N2O3/c1-5-6-9-20-28(2)21-10-7-8-11-22-32-26-18-14-24(15-19-26)29(3)27(30)23-12-16-25(31-4)17-13-23/h12-13,16-17,24,26H,5-11,14-15,18-22H2,1-4H3. The molecule has 32 heavy (non-hydrogen) atoms. The highest BCUT2D eigenvalue weighted by molar-refractivity contribution is 5.94. The molecule has 1 aliphatic rings. The number of hydrogen-bond acceptors (Lipinski definition) is 4. The van der Waals surface area contributed by atoms with Crippen LogP contribution in [0.1, 0.15) is 87.9 Å². The second kappa shape index (κ2) is 15.3. The average Bonchev–Trinajstić information content (AvgIpc) is 2.83.